The average molecular weight is 414 g/mol. The molecule has 0 saturated heterocycles. The van der Waals surface area contributed by atoms with Gasteiger partial charge in [-0.1, -0.05) is 24.3 Å². The van der Waals surface area contributed by atoms with Crippen LogP contribution in [0.2, 0.25) is 0 Å². The maximum Gasteiger partial charge on any atom is 0.251 e. The summed E-state index contributed by atoms with van der Waals surface area (Å²) in [4.78, 5) is 18.9. The van der Waals surface area contributed by atoms with E-state index in [0.717, 1.165) is 24.2 Å². The zero-order valence-corrected chi connectivity index (χ0v) is 18.0. The van der Waals surface area contributed by atoms with Crippen LogP contribution in [0.4, 0.5) is 4.39 Å². The molecule has 0 aliphatic heterocycles. The van der Waals surface area contributed by atoms with Gasteiger partial charge in [-0.25, -0.2) is 9.38 Å². The van der Waals surface area contributed by atoms with Crippen LogP contribution in [-0.4, -0.2) is 57.0 Å². The molecule has 0 aromatic heterocycles. The highest BCUT2D eigenvalue weighted by Crippen LogP contribution is 2.07. The molecule has 3 N–H and O–H groups in total. The van der Waals surface area contributed by atoms with Crippen LogP contribution in [0.25, 0.3) is 0 Å². The maximum absolute atomic E-state index is 13.3. The highest BCUT2D eigenvalue weighted by molar-refractivity contribution is 5.94. The molecule has 6 nitrogen and oxygen atoms in total. The number of amides is 1. The van der Waals surface area contributed by atoms with Crippen LogP contribution < -0.4 is 16.0 Å². The molecule has 2 rings (SSSR count). The van der Waals surface area contributed by atoms with E-state index in [1.807, 2.05) is 50.2 Å². The summed E-state index contributed by atoms with van der Waals surface area (Å²) in [6.07, 6.45) is 0.699. The van der Waals surface area contributed by atoms with Crippen molar-refractivity contribution in [2.75, 3.05) is 40.3 Å². The van der Waals surface area contributed by atoms with Gasteiger partial charge in [0.05, 0.1) is 6.54 Å². The standard InChI is InChI=1S/C23H32FN5O/c1-4-25-23(27-12-11-18-7-6-10-21(24)16-18)28-17-19-8-5-9-20(15-19)22(30)26-13-14-29(2)3/h5-10,15-16H,4,11-14,17H2,1-3H3,(H,26,30)(H2,25,27,28). The summed E-state index contributed by atoms with van der Waals surface area (Å²) in [5.41, 5.74) is 2.52. The van der Waals surface area contributed by atoms with E-state index in [-0.39, 0.29) is 11.7 Å². The Morgan fingerprint density at radius 3 is 2.50 bits per heavy atom. The lowest BCUT2D eigenvalue weighted by atomic mass is 10.1. The number of nitrogens with one attached hydrogen (secondary N) is 3. The SMILES string of the molecule is CCNC(=NCc1cccc(C(=O)NCCN(C)C)c1)NCCc1cccc(F)c1. The Morgan fingerprint density at radius 1 is 1.00 bits per heavy atom. The van der Waals surface area contributed by atoms with Gasteiger partial charge in [0.1, 0.15) is 5.82 Å². The molecule has 0 aliphatic rings. The van der Waals surface area contributed by atoms with E-state index in [9.17, 15) is 9.18 Å². The molecule has 2 aromatic rings. The Labute approximate surface area is 178 Å². The summed E-state index contributed by atoms with van der Waals surface area (Å²) in [5, 5.41) is 9.40. The number of halogens is 1. The van der Waals surface area contributed by atoms with E-state index in [2.05, 4.69) is 20.9 Å². The molecular weight excluding hydrogens is 381 g/mol. The van der Waals surface area contributed by atoms with E-state index in [1.54, 1.807) is 18.2 Å². The predicted molar refractivity (Wildman–Crippen MR) is 120 cm³/mol. The van der Waals surface area contributed by atoms with Crippen molar-refractivity contribution < 1.29 is 9.18 Å². The molecule has 30 heavy (non-hydrogen) atoms. The smallest absolute Gasteiger partial charge is 0.251 e. The lowest BCUT2D eigenvalue weighted by Crippen LogP contribution is -2.38. The van der Waals surface area contributed by atoms with Crippen molar-refractivity contribution in [3.8, 4) is 0 Å². The van der Waals surface area contributed by atoms with Gasteiger partial charge in [0, 0.05) is 31.7 Å². The van der Waals surface area contributed by atoms with Crippen molar-refractivity contribution in [2.24, 2.45) is 4.99 Å². The number of guanidine groups is 1. The normalized spacial score (nSPS) is 11.4. The Kier molecular flexibility index (Phi) is 9.80. The van der Waals surface area contributed by atoms with E-state index in [4.69, 9.17) is 0 Å². The zero-order chi connectivity index (χ0) is 21.8. The van der Waals surface area contributed by atoms with Crippen molar-refractivity contribution in [3.63, 3.8) is 0 Å². The van der Waals surface area contributed by atoms with Crippen LogP contribution in [0.5, 0.6) is 0 Å². The van der Waals surface area contributed by atoms with E-state index in [1.165, 1.54) is 6.07 Å². The van der Waals surface area contributed by atoms with Gasteiger partial charge in [-0.2, -0.15) is 0 Å². The molecule has 162 valence electrons. The Balaban J connectivity index is 1.91. The number of likely N-dealkylation sites (N-methyl/N-ethyl adjacent to an activating group) is 1. The lowest BCUT2D eigenvalue weighted by Gasteiger charge is -2.12. The largest absolute Gasteiger partial charge is 0.357 e. The number of rotatable bonds is 10. The monoisotopic (exact) mass is 413 g/mol. The third-order valence-electron chi connectivity index (χ3n) is 4.39. The highest BCUT2D eigenvalue weighted by atomic mass is 19.1. The first-order valence-electron chi connectivity index (χ1n) is 10.3. The van der Waals surface area contributed by atoms with E-state index >= 15 is 0 Å². The summed E-state index contributed by atoms with van der Waals surface area (Å²) >= 11 is 0. The van der Waals surface area contributed by atoms with Crippen LogP contribution in [-0.2, 0) is 13.0 Å². The van der Waals surface area contributed by atoms with Crippen molar-refractivity contribution in [3.05, 3.63) is 71.0 Å². The molecule has 2 aromatic carbocycles. The summed E-state index contributed by atoms with van der Waals surface area (Å²) in [6.45, 7) is 5.23. The molecule has 0 bridgehead atoms. The Bertz CT molecular complexity index is 838. The van der Waals surface area contributed by atoms with Crippen molar-refractivity contribution in [1.29, 1.82) is 0 Å². The number of benzene rings is 2. The Hall–Kier alpha value is -2.93. The van der Waals surface area contributed by atoms with Gasteiger partial charge in [0.25, 0.3) is 5.91 Å². The topological polar surface area (TPSA) is 68.8 Å². The van der Waals surface area contributed by atoms with Crippen LogP contribution in [0.1, 0.15) is 28.4 Å². The fourth-order valence-electron chi connectivity index (χ4n) is 2.84. The zero-order valence-electron chi connectivity index (χ0n) is 18.0. The maximum atomic E-state index is 13.3. The number of carbonyl (C=O) groups excluding carboxylic acids is 1. The van der Waals surface area contributed by atoms with E-state index in [0.29, 0.717) is 37.6 Å². The number of hydrogen-bond acceptors (Lipinski definition) is 3. The van der Waals surface area contributed by atoms with Crippen molar-refractivity contribution in [1.82, 2.24) is 20.9 Å². The average Bonchev–Trinajstić information content (AvgIpc) is 2.72. The van der Waals surface area contributed by atoms with Crippen molar-refractivity contribution in [2.45, 2.75) is 19.9 Å². The summed E-state index contributed by atoms with van der Waals surface area (Å²) in [7, 11) is 3.94. The first-order chi connectivity index (χ1) is 14.5. The second kappa shape index (κ2) is 12.6. The van der Waals surface area contributed by atoms with E-state index < -0.39 is 0 Å². The lowest BCUT2D eigenvalue weighted by molar-refractivity contribution is 0.0951. The molecular formula is C23H32FN5O. The number of carbonyl (C=O) groups is 1. The molecule has 0 aliphatic carbocycles. The quantitative estimate of drug-likeness (QED) is 0.413. The molecule has 0 radical (unpaired) electrons. The molecule has 0 atom stereocenters. The molecule has 0 fully saturated rings. The van der Waals surface area contributed by atoms with Gasteiger partial charge in [0.2, 0.25) is 0 Å². The number of hydrogen-bond donors (Lipinski definition) is 3. The number of aliphatic imine (C=N–C) groups is 1. The molecule has 0 saturated carbocycles. The van der Waals surface area contributed by atoms with Crippen LogP contribution in [0, 0.1) is 5.82 Å². The fourth-order valence-corrected chi connectivity index (χ4v) is 2.84. The molecule has 0 unspecified atom stereocenters. The molecule has 7 heteroatoms. The van der Waals surface area contributed by atoms with Gasteiger partial charge in [-0.3, -0.25) is 4.79 Å². The van der Waals surface area contributed by atoms with Gasteiger partial charge < -0.3 is 20.9 Å². The molecule has 1 amide bonds. The second-order valence-electron chi connectivity index (χ2n) is 7.26. The minimum atomic E-state index is -0.223. The number of nitrogens with zero attached hydrogens (tertiary/aromatic N) is 2. The summed E-state index contributed by atoms with van der Waals surface area (Å²) in [6, 6.07) is 14.1. The van der Waals surface area contributed by atoms with Crippen LogP contribution >= 0.6 is 0 Å². The third kappa shape index (κ3) is 8.61. The fraction of sp³-hybridized carbons (Fsp3) is 0.391. The Morgan fingerprint density at radius 2 is 1.77 bits per heavy atom. The second-order valence-corrected chi connectivity index (χ2v) is 7.26. The van der Waals surface area contributed by atoms with Gasteiger partial charge in [-0.05, 0) is 62.8 Å². The summed E-state index contributed by atoms with van der Waals surface area (Å²) < 4.78 is 13.3. The molecule has 0 spiro atoms. The van der Waals surface area contributed by atoms with Gasteiger partial charge in [-0.15, -0.1) is 0 Å². The highest BCUT2D eigenvalue weighted by Gasteiger charge is 2.06. The predicted octanol–water partition coefficient (Wildman–Crippen LogP) is 2.41. The minimum absolute atomic E-state index is 0.0807. The third-order valence-corrected chi connectivity index (χ3v) is 4.39. The molecule has 0 heterocycles. The van der Waals surface area contributed by atoms with Crippen molar-refractivity contribution >= 4 is 11.9 Å². The summed E-state index contributed by atoms with van der Waals surface area (Å²) in [5.74, 6) is 0.385. The minimum Gasteiger partial charge on any atom is -0.357 e. The first-order valence-corrected chi connectivity index (χ1v) is 10.3. The van der Waals surface area contributed by atoms with Gasteiger partial charge in [0.15, 0.2) is 5.96 Å². The van der Waals surface area contributed by atoms with Crippen LogP contribution in [0.3, 0.4) is 0 Å². The van der Waals surface area contributed by atoms with Gasteiger partial charge >= 0.3 is 0 Å². The first kappa shape index (κ1) is 23.3. The van der Waals surface area contributed by atoms with Crippen LogP contribution in [0.15, 0.2) is 53.5 Å².